The summed E-state index contributed by atoms with van der Waals surface area (Å²) >= 11 is 0. The molecule has 168 valence electrons. The van der Waals surface area contributed by atoms with E-state index in [9.17, 15) is 19.2 Å². The molecule has 0 saturated carbocycles. The Morgan fingerprint density at radius 3 is 1.97 bits per heavy atom. The molecule has 2 aromatic rings. The molecule has 2 aromatic carbocycles. The molecule has 0 saturated heterocycles. The van der Waals surface area contributed by atoms with E-state index in [4.69, 9.17) is 4.74 Å². The molecule has 0 bridgehead atoms. The van der Waals surface area contributed by atoms with E-state index in [1.807, 2.05) is 0 Å². The van der Waals surface area contributed by atoms with Crippen LogP contribution in [0.5, 0.6) is 0 Å². The second-order valence-corrected chi connectivity index (χ2v) is 8.60. The van der Waals surface area contributed by atoms with Crippen LogP contribution in [0.3, 0.4) is 0 Å². The second kappa shape index (κ2) is 9.77. The number of anilines is 1. The Morgan fingerprint density at radius 2 is 1.47 bits per heavy atom. The van der Waals surface area contributed by atoms with Gasteiger partial charge < -0.3 is 10.1 Å². The van der Waals surface area contributed by atoms with Crippen LogP contribution in [-0.2, 0) is 9.53 Å². The standard InChI is InChI=1S/C25H28N2O5/c1-15(2)13-14-32-25(31)17-9-11-18(12-10-17)26-22(28)21(16(3)4)27-23(29)19-7-5-6-8-20(19)24(27)30/h5-12,15-16,21H,13-14H2,1-4H3,(H,26,28). The zero-order valence-corrected chi connectivity index (χ0v) is 18.8. The minimum absolute atomic E-state index is 0.299. The molecule has 0 fully saturated rings. The summed E-state index contributed by atoms with van der Waals surface area (Å²) in [7, 11) is 0. The smallest absolute Gasteiger partial charge is 0.338 e. The second-order valence-electron chi connectivity index (χ2n) is 8.60. The number of fused-ring (bicyclic) bond motifs is 1. The maximum Gasteiger partial charge on any atom is 0.338 e. The number of carbonyl (C=O) groups excluding carboxylic acids is 4. The Kier molecular flexibility index (Phi) is 7.08. The Balaban J connectivity index is 1.70. The highest BCUT2D eigenvalue weighted by molar-refractivity contribution is 6.23. The van der Waals surface area contributed by atoms with Crippen molar-refractivity contribution < 1.29 is 23.9 Å². The SMILES string of the molecule is CC(C)CCOC(=O)c1ccc(NC(=O)C(C(C)C)N2C(=O)c3ccccc3C2=O)cc1. The van der Waals surface area contributed by atoms with Crippen LogP contribution in [0, 0.1) is 11.8 Å². The van der Waals surface area contributed by atoms with Crippen molar-refractivity contribution in [1.82, 2.24) is 4.90 Å². The summed E-state index contributed by atoms with van der Waals surface area (Å²) in [4.78, 5) is 51.9. The molecule has 1 heterocycles. The average molecular weight is 437 g/mol. The molecular weight excluding hydrogens is 408 g/mol. The van der Waals surface area contributed by atoms with Crippen LogP contribution in [-0.4, -0.2) is 41.2 Å². The zero-order valence-electron chi connectivity index (χ0n) is 18.8. The van der Waals surface area contributed by atoms with Gasteiger partial charge in [-0.2, -0.15) is 0 Å². The number of rotatable bonds is 8. The van der Waals surface area contributed by atoms with Gasteiger partial charge in [-0.1, -0.05) is 39.8 Å². The highest BCUT2D eigenvalue weighted by Crippen LogP contribution is 2.28. The maximum atomic E-state index is 13.1. The summed E-state index contributed by atoms with van der Waals surface area (Å²) in [6.07, 6.45) is 0.786. The molecule has 0 spiro atoms. The maximum absolute atomic E-state index is 13.1. The molecular formula is C25H28N2O5. The molecule has 0 aromatic heterocycles. The molecule has 1 atom stereocenters. The minimum atomic E-state index is -0.969. The summed E-state index contributed by atoms with van der Waals surface area (Å²) in [6, 6.07) is 11.9. The highest BCUT2D eigenvalue weighted by Gasteiger charge is 2.43. The van der Waals surface area contributed by atoms with E-state index in [1.54, 1.807) is 62.4 Å². The quantitative estimate of drug-likeness (QED) is 0.496. The van der Waals surface area contributed by atoms with Crippen LogP contribution >= 0.6 is 0 Å². The summed E-state index contributed by atoms with van der Waals surface area (Å²) < 4.78 is 5.24. The molecule has 3 amide bonds. The van der Waals surface area contributed by atoms with E-state index in [2.05, 4.69) is 19.2 Å². The molecule has 7 heteroatoms. The molecule has 1 aliphatic rings. The molecule has 7 nitrogen and oxygen atoms in total. The Hall–Kier alpha value is -3.48. The summed E-state index contributed by atoms with van der Waals surface area (Å²) in [5.74, 6) is -1.70. The topological polar surface area (TPSA) is 92.8 Å². The Labute approximate surface area is 187 Å². The van der Waals surface area contributed by atoms with Gasteiger partial charge in [0.05, 0.1) is 23.3 Å². The summed E-state index contributed by atoms with van der Waals surface area (Å²) in [5, 5.41) is 2.76. The number of nitrogens with zero attached hydrogens (tertiary/aromatic N) is 1. The van der Waals surface area contributed by atoms with Crippen LogP contribution in [0.4, 0.5) is 5.69 Å². The molecule has 3 rings (SSSR count). The van der Waals surface area contributed by atoms with Gasteiger partial charge >= 0.3 is 5.97 Å². The van der Waals surface area contributed by atoms with E-state index in [1.165, 1.54) is 0 Å². The predicted octanol–water partition coefficient (Wildman–Crippen LogP) is 4.15. The average Bonchev–Trinajstić information content (AvgIpc) is 2.99. The molecule has 1 unspecified atom stereocenters. The highest BCUT2D eigenvalue weighted by atomic mass is 16.5. The van der Waals surface area contributed by atoms with Gasteiger partial charge in [0.2, 0.25) is 5.91 Å². The first kappa shape index (κ1) is 23.2. The Bertz CT molecular complexity index is 992. The van der Waals surface area contributed by atoms with Gasteiger partial charge in [-0.05, 0) is 54.7 Å². The van der Waals surface area contributed by atoms with Crippen molar-refractivity contribution in [3.05, 3.63) is 65.2 Å². The fourth-order valence-corrected chi connectivity index (χ4v) is 3.56. The van der Waals surface area contributed by atoms with Gasteiger partial charge in [0.25, 0.3) is 11.8 Å². The third-order valence-corrected chi connectivity index (χ3v) is 5.32. The Morgan fingerprint density at radius 1 is 0.906 bits per heavy atom. The van der Waals surface area contributed by atoms with Gasteiger partial charge in [-0.15, -0.1) is 0 Å². The van der Waals surface area contributed by atoms with Crippen molar-refractivity contribution in [3.63, 3.8) is 0 Å². The lowest BCUT2D eigenvalue weighted by atomic mass is 10.0. The first-order valence-corrected chi connectivity index (χ1v) is 10.8. The van der Waals surface area contributed by atoms with Gasteiger partial charge in [-0.25, -0.2) is 4.79 Å². The van der Waals surface area contributed by atoms with Crippen molar-refractivity contribution in [2.45, 2.75) is 40.2 Å². The fraction of sp³-hybridized carbons (Fsp3) is 0.360. The number of nitrogens with one attached hydrogen (secondary N) is 1. The van der Waals surface area contributed by atoms with Crippen molar-refractivity contribution in [1.29, 1.82) is 0 Å². The normalized spacial score (nSPS) is 14.0. The predicted molar refractivity (Wildman–Crippen MR) is 120 cm³/mol. The van der Waals surface area contributed by atoms with Crippen LogP contribution < -0.4 is 5.32 Å². The number of hydrogen-bond donors (Lipinski definition) is 1. The number of imide groups is 1. The number of esters is 1. The van der Waals surface area contributed by atoms with E-state index >= 15 is 0 Å². The minimum Gasteiger partial charge on any atom is -0.462 e. The first-order chi connectivity index (χ1) is 15.2. The third-order valence-electron chi connectivity index (χ3n) is 5.32. The van der Waals surface area contributed by atoms with E-state index in [0.717, 1.165) is 11.3 Å². The number of carbonyl (C=O) groups is 4. The molecule has 1 aliphatic heterocycles. The van der Waals surface area contributed by atoms with Crippen molar-refractivity contribution in [2.24, 2.45) is 11.8 Å². The van der Waals surface area contributed by atoms with Gasteiger partial charge in [-0.3, -0.25) is 19.3 Å². The number of benzene rings is 2. The third kappa shape index (κ3) is 4.88. The number of amides is 3. The van der Waals surface area contributed by atoms with E-state index in [-0.39, 0.29) is 5.92 Å². The van der Waals surface area contributed by atoms with Crippen LogP contribution in [0.1, 0.15) is 65.2 Å². The molecule has 32 heavy (non-hydrogen) atoms. The first-order valence-electron chi connectivity index (χ1n) is 10.8. The largest absolute Gasteiger partial charge is 0.462 e. The summed E-state index contributed by atoms with van der Waals surface area (Å²) in [6.45, 7) is 8.02. The van der Waals surface area contributed by atoms with Gasteiger partial charge in [0.1, 0.15) is 6.04 Å². The zero-order chi connectivity index (χ0) is 23.4. The number of hydrogen-bond acceptors (Lipinski definition) is 5. The number of ether oxygens (including phenoxy) is 1. The van der Waals surface area contributed by atoms with Gasteiger partial charge in [0, 0.05) is 5.69 Å². The molecule has 1 N–H and O–H groups in total. The lowest BCUT2D eigenvalue weighted by molar-refractivity contribution is -0.121. The van der Waals surface area contributed by atoms with Crippen LogP contribution in [0.25, 0.3) is 0 Å². The van der Waals surface area contributed by atoms with Crippen molar-refractivity contribution >= 4 is 29.4 Å². The fourth-order valence-electron chi connectivity index (χ4n) is 3.56. The molecule has 0 radical (unpaired) electrons. The van der Waals surface area contributed by atoms with E-state index < -0.39 is 29.7 Å². The van der Waals surface area contributed by atoms with Crippen molar-refractivity contribution in [2.75, 3.05) is 11.9 Å². The summed E-state index contributed by atoms with van der Waals surface area (Å²) in [5.41, 5.74) is 1.44. The van der Waals surface area contributed by atoms with Crippen LogP contribution in [0.2, 0.25) is 0 Å². The van der Waals surface area contributed by atoms with Crippen molar-refractivity contribution in [3.8, 4) is 0 Å². The molecule has 0 aliphatic carbocycles. The van der Waals surface area contributed by atoms with E-state index in [0.29, 0.717) is 34.9 Å². The lowest BCUT2D eigenvalue weighted by Crippen LogP contribution is -2.50. The van der Waals surface area contributed by atoms with Gasteiger partial charge in [0.15, 0.2) is 0 Å². The lowest BCUT2D eigenvalue weighted by Gasteiger charge is -2.28. The monoisotopic (exact) mass is 436 g/mol. The van der Waals surface area contributed by atoms with Crippen LogP contribution in [0.15, 0.2) is 48.5 Å².